The lowest BCUT2D eigenvalue weighted by molar-refractivity contribution is -0.384. The fraction of sp³-hybridized carbons (Fsp3) is 0.286. The predicted octanol–water partition coefficient (Wildman–Crippen LogP) is 4.17. The Morgan fingerprint density at radius 1 is 1.27 bits per heavy atom. The maximum atomic E-state index is 12.7. The van der Waals surface area contributed by atoms with E-state index in [1.165, 1.54) is 24.3 Å². The van der Waals surface area contributed by atoms with Crippen molar-refractivity contribution in [2.45, 2.75) is 26.3 Å². The highest BCUT2D eigenvalue weighted by atomic mass is 16.6. The normalized spacial score (nSPS) is 12.8. The summed E-state index contributed by atoms with van der Waals surface area (Å²) in [5.74, 6) is 0.925. The molecule has 9 nitrogen and oxygen atoms in total. The van der Waals surface area contributed by atoms with Gasteiger partial charge >= 0.3 is 0 Å². The first-order valence-corrected chi connectivity index (χ1v) is 9.46. The number of hydrogen-bond acceptors (Lipinski definition) is 7. The Labute approximate surface area is 173 Å². The summed E-state index contributed by atoms with van der Waals surface area (Å²) >= 11 is 0. The van der Waals surface area contributed by atoms with Crippen LogP contribution >= 0.6 is 0 Å². The van der Waals surface area contributed by atoms with Gasteiger partial charge in [0.05, 0.1) is 12.0 Å². The molecule has 0 spiro atoms. The Hall–Kier alpha value is -3.75. The number of carbonyl (C=O) groups is 1. The van der Waals surface area contributed by atoms with Crippen LogP contribution in [0.1, 0.15) is 42.6 Å². The number of amides is 1. The van der Waals surface area contributed by atoms with Crippen molar-refractivity contribution in [1.29, 1.82) is 0 Å². The van der Waals surface area contributed by atoms with Crippen molar-refractivity contribution in [1.82, 2.24) is 15.5 Å². The maximum absolute atomic E-state index is 12.7. The van der Waals surface area contributed by atoms with Gasteiger partial charge in [0.2, 0.25) is 11.7 Å². The van der Waals surface area contributed by atoms with Crippen LogP contribution in [0, 0.1) is 16.0 Å². The van der Waals surface area contributed by atoms with Gasteiger partial charge in [-0.3, -0.25) is 14.9 Å². The third-order valence-corrected chi connectivity index (χ3v) is 4.87. The average Bonchev–Trinajstić information content (AvgIpc) is 3.26. The topological polar surface area (TPSA) is 120 Å². The Morgan fingerprint density at radius 2 is 2.00 bits per heavy atom. The summed E-state index contributed by atoms with van der Waals surface area (Å²) in [5, 5.41) is 17.9. The van der Waals surface area contributed by atoms with Crippen molar-refractivity contribution in [2.75, 3.05) is 7.11 Å². The zero-order valence-electron chi connectivity index (χ0n) is 16.9. The van der Waals surface area contributed by atoms with Crippen LogP contribution in [0.25, 0.3) is 11.4 Å². The number of hydrogen-bond donors (Lipinski definition) is 1. The lowest BCUT2D eigenvalue weighted by Gasteiger charge is -2.20. The van der Waals surface area contributed by atoms with Crippen molar-refractivity contribution in [3.63, 3.8) is 0 Å². The molecule has 1 N–H and O–H groups in total. The predicted molar refractivity (Wildman–Crippen MR) is 109 cm³/mol. The Bertz CT molecular complexity index is 1030. The molecule has 2 aromatic carbocycles. The number of aromatic nitrogens is 2. The molecular weight excluding hydrogens is 388 g/mol. The number of ether oxygens (including phenoxy) is 1. The van der Waals surface area contributed by atoms with Crippen molar-refractivity contribution in [2.24, 2.45) is 5.92 Å². The van der Waals surface area contributed by atoms with Crippen LogP contribution in [0.15, 0.2) is 53.1 Å². The standard InChI is InChI=1S/C21H22N4O5/c1-4-13(2)18(22-20(26)15-6-5-7-16(12-15)25(27)28)21-23-19(24-30-21)14-8-10-17(29-3)11-9-14/h5-13,18H,4H2,1-3H3,(H,22,26)/t13-,18+/m1/s1. The number of benzene rings is 2. The molecule has 9 heteroatoms. The maximum Gasteiger partial charge on any atom is 0.270 e. The highest BCUT2D eigenvalue weighted by Crippen LogP contribution is 2.27. The van der Waals surface area contributed by atoms with Gasteiger partial charge in [-0.2, -0.15) is 4.98 Å². The zero-order valence-corrected chi connectivity index (χ0v) is 16.9. The van der Waals surface area contributed by atoms with Gasteiger partial charge in [0.1, 0.15) is 11.8 Å². The lowest BCUT2D eigenvalue weighted by atomic mass is 9.98. The molecule has 0 saturated heterocycles. The molecule has 3 rings (SSSR count). The number of nitrogens with zero attached hydrogens (tertiary/aromatic N) is 3. The number of nitro benzene ring substituents is 1. The smallest absolute Gasteiger partial charge is 0.270 e. The van der Waals surface area contributed by atoms with Gasteiger partial charge in [0, 0.05) is 23.3 Å². The summed E-state index contributed by atoms with van der Waals surface area (Å²) in [7, 11) is 1.59. The second-order valence-corrected chi connectivity index (χ2v) is 6.83. The van der Waals surface area contributed by atoms with E-state index in [0.717, 1.165) is 12.0 Å². The minimum Gasteiger partial charge on any atom is -0.497 e. The van der Waals surface area contributed by atoms with Crippen LogP contribution in [0.5, 0.6) is 5.75 Å². The molecule has 0 saturated carbocycles. The van der Waals surface area contributed by atoms with Crippen molar-refractivity contribution in [3.8, 4) is 17.1 Å². The number of nitro groups is 1. The van der Waals surface area contributed by atoms with E-state index >= 15 is 0 Å². The van der Waals surface area contributed by atoms with Gasteiger partial charge in [-0.15, -0.1) is 0 Å². The van der Waals surface area contributed by atoms with Crippen LogP contribution in [0.4, 0.5) is 5.69 Å². The van der Waals surface area contributed by atoms with E-state index in [9.17, 15) is 14.9 Å². The summed E-state index contributed by atoms with van der Waals surface area (Å²) in [5.41, 5.74) is 0.786. The molecule has 0 aliphatic rings. The number of non-ortho nitro benzene ring substituents is 1. The summed E-state index contributed by atoms with van der Waals surface area (Å²) in [4.78, 5) is 27.6. The first kappa shape index (κ1) is 21.0. The summed E-state index contributed by atoms with van der Waals surface area (Å²) < 4.78 is 10.6. The van der Waals surface area contributed by atoms with Crippen LogP contribution in [-0.2, 0) is 0 Å². The van der Waals surface area contributed by atoms with Crippen LogP contribution in [0.2, 0.25) is 0 Å². The summed E-state index contributed by atoms with van der Waals surface area (Å²) in [6.07, 6.45) is 0.750. The fourth-order valence-corrected chi connectivity index (χ4v) is 2.89. The van der Waals surface area contributed by atoms with E-state index in [2.05, 4.69) is 15.5 Å². The highest BCUT2D eigenvalue weighted by molar-refractivity contribution is 5.95. The van der Waals surface area contributed by atoms with Gasteiger partial charge in [-0.1, -0.05) is 31.5 Å². The van der Waals surface area contributed by atoms with Gasteiger partial charge < -0.3 is 14.6 Å². The van der Waals surface area contributed by atoms with Crippen molar-refractivity contribution >= 4 is 11.6 Å². The zero-order chi connectivity index (χ0) is 21.7. The van der Waals surface area contributed by atoms with Gasteiger partial charge in [-0.25, -0.2) is 0 Å². The second-order valence-electron chi connectivity index (χ2n) is 6.83. The van der Waals surface area contributed by atoms with E-state index in [1.54, 1.807) is 19.2 Å². The number of methoxy groups -OCH3 is 1. The molecule has 0 unspecified atom stereocenters. The number of nitrogens with one attached hydrogen (secondary N) is 1. The average molecular weight is 410 g/mol. The molecule has 0 fully saturated rings. The first-order chi connectivity index (χ1) is 14.4. The van der Waals surface area contributed by atoms with E-state index < -0.39 is 16.9 Å². The van der Waals surface area contributed by atoms with Crippen molar-refractivity contribution in [3.05, 3.63) is 70.1 Å². The van der Waals surface area contributed by atoms with Gasteiger partial charge in [0.15, 0.2) is 0 Å². The van der Waals surface area contributed by atoms with Crippen molar-refractivity contribution < 1.29 is 19.0 Å². The van der Waals surface area contributed by atoms with E-state index in [0.29, 0.717) is 11.6 Å². The highest BCUT2D eigenvalue weighted by Gasteiger charge is 2.27. The van der Waals surface area contributed by atoms with E-state index in [4.69, 9.17) is 9.26 Å². The van der Waals surface area contributed by atoms with Crippen LogP contribution in [-0.4, -0.2) is 28.1 Å². The molecular formula is C21H22N4O5. The first-order valence-electron chi connectivity index (χ1n) is 9.46. The third kappa shape index (κ3) is 4.62. The molecule has 0 aliphatic carbocycles. The Kier molecular flexibility index (Phi) is 6.41. The molecule has 3 aromatic rings. The van der Waals surface area contributed by atoms with E-state index in [1.807, 2.05) is 26.0 Å². The number of carbonyl (C=O) groups excluding carboxylic acids is 1. The quantitative estimate of drug-likeness (QED) is 0.437. The summed E-state index contributed by atoms with van der Waals surface area (Å²) in [6, 6.07) is 12.2. The molecule has 1 amide bonds. The lowest BCUT2D eigenvalue weighted by Crippen LogP contribution is -2.32. The number of rotatable bonds is 8. The van der Waals surface area contributed by atoms with Crippen LogP contribution in [0.3, 0.4) is 0 Å². The monoisotopic (exact) mass is 410 g/mol. The van der Waals surface area contributed by atoms with Crippen LogP contribution < -0.4 is 10.1 Å². The minimum absolute atomic E-state index is 0.00295. The molecule has 1 aromatic heterocycles. The molecule has 1 heterocycles. The molecule has 156 valence electrons. The third-order valence-electron chi connectivity index (χ3n) is 4.87. The fourth-order valence-electron chi connectivity index (χ4n) is 2.89. The largest absolute Gasteiger partial charge is 0.497 e. The summed E-state index contributed by atoms with van der Waals surface area (Å²) in [6.45, 7) is 3.94. The molecule has 2 atom stereocenters. The molecule has 30 heavy (non-hydrogen) atoms. The molecule has 0 radical (unpaired) electrons. The Balaban J connectivity index is 1.84. The SMILES string of the molecule is CC[C@@H](C)[C@H](NC(=O)c1cccc([N+](=O)[O-])c1)c1nc(-c2ccc(OC)cc2)no1. The van der Waals surface area contributed by atoms with Gasteiger partial charge in [-0.05, 0) is 36.2 Å². The Morgan fingerprint density at radius 3 is 2.63 bits per heavy atom. The molecule has 0 aliphatic heterocycles. The minimum atomic E-state index is -0.540. The van der Waals surface area contributed by atoms with E-state index in [-0.39, 0.29) is 23.1 Å². The molecule has 0 bridgehead atoms. The second kappa shape index (κ2) is 9.17. The van der Waals surface area contributed by atoms with Gasteiger partial charge in [0.25, 0.3) is 11.6 Å².